The molecule has 2 amide bonds. The van der Waals surface area contributed by atoms with Crippen molar-refractivity contribution in [2.45, 2.75) is 10.1 Å². The second-order valence-corrected chi connectivity index (χ2v) is 8.61. The monoisotopic (exact) mass is 419 g/mol. The van der Waals surface area contributed by atoms with Crippen LogP contribution in [0.2, 0.25) is 0 Å². The van der Waals surface area contributed by atoms with Crippen molar-refractivity contribution < 1.29 is 22.7 Å². The van der Waals surface area contributed by atoms with Crippen LogP contribution in [0.25, 0.3) is 0 Å². The summed E-state index contributed by atoms with van der Waals surface area (Å²) in [4.78, 5) is 25.3. The molecule has 0 spiro atoms. The quantitative estimate of drug-likeness (QED) is 0.652. The first kappa shape index (κ1) is 22.2. The Hall–Kier alpha value is -3.07. The summed E-state index contributed by atoms with van der Waals surface area (Å²) in [7, 11) is 2.72. The second-order valence-electron chi connectivity index (χ2n) is 6.48. The molecule has 156 valence electrons. The highest BCUT2D eigenvalue weighted by atomic mass is 32.2. The van der Waals surface area contributed by atoms with Gasteiger partial charge in [0, 0.05) is 33.4 Å². The summed E-state index contributed by atoms with van der Waals surface area (Å²) in [5, 5.41) is 3.55. The lowest BCUT2D eigenvalue weighted by atomic mass is 10.1. The summed E-state index contributed by atoms with van der Waals surface area (Å²) >= 11 is 0. The second kappa shape index (κ2) is 9.42. The molecule has 2 aromatic carbocycles. The Kier molecular flexibility index (Phi) is 7.22. The molecule has 0 aromatic heterocycles. The molecule has 2 N–H and O–H groups in total. The Morgan fingerprint density at radius 1 is 1.00 bits per heavy atom. The zero-order valence-electron chi connectivity index (χ0n) is 16.8. The van der Waals surface area contributed by atoms with Gasteiger partial charge >= 0.3 is 11.8 Å². The number of nitrogens with one attached hydrogen (secondary N) is 2. The summed E-state index contributed by atoms with van der Waals surface area (Å²) in [5.74, 6) is -1.20. The first-order chi connectivity index (χ1) is 13.7. The van der Waals surface area contributed by atoms with E-state index >= 15 is 0 Å². The number of hydrogen-bond donors (Lipinski definition) is 2. The molecule has 9 heteroatoms. The third-order valence-electron chi connectivity index (χ3n) is 4.43. The van der Waals surface area contributed by atoms with Gasteiger partial charge in [-0.1, -0.05) is 12.1 Å². The molecule has 1 atom stereocenters. The van der Waals surface area contributed by atoms with Gasteiger partial charge in [-0.2, -0.15) is 0 Å². The van der Waals surface area contributed by atoms with Gasteiger partial charge in [0.1, 0.15) is 11.0 Å². The van der Waals surface area contributed by atoms with E-state index in [-0.39, 0.29) is 11.4 Å². The molecule has 2 rings (SSSR count). The van der Waals surface area contributed by atoms with Crippen LogP contribution in [0.15, 0.2) is 53.4 Å². The summed E-state index contributed by atoms with van der Waals surface area (Å²) in [5.41, 5.74) is 1.41. The van der Waals surface area contributed by atoms with Gasteiger partial charge < -0.3 is 20.3 Å². The molecule has 0 bridgehead atoms. The van der Waals surface area contributed by atoms with Crippen LogP contribution in [0.4, 0.5) is 5.69 Å². The van der Waals surface area contributed by atoms with E-state index in [1.165, 1.54) is 26.3 Å². The highest BCUT2D eigenvalue weighted by molar-refractivity contribution is 7.91. The fourth-order valence-electron chi connectivity index (χ4n) is 2.70. The number of anilines is 1. The lowest BCUT2D eigenvalue weighted by Gasteiger charge is -2.20. The molecule has 0 saturated carbocycles. The van der Waals surface area contributed by atoms with E-state index in [0.717, 1.165) is 5.69 Å². The minimum atomic E-state index is -3.86. The van der Waals surface area contributed by atoms with Crippen LogP contribution < -0.4 is 20.3 Å². The Balaban J connectivity index is 2.41. The fourth-order valence-corrected chi connectivity index (χ4v) is 4.36. The van der Waals surface area contributed by atoms with Crippen LogP contribution in [0.1, 0.15) is 10.8 Å². The molecule has 2 aromatic rings. The average molecular weight is 420 g/mol. The number of rotatable bonds is 7. The molecular formula is C20H25N3O5S. The molecule has 0 saturated heterocycles. The van der Waals surface area contributed by atoms with Gasteiger partial charge in [0.2, 0.25) is 0 Å². The van der Waals surface area contributed by atoms with Crippen LogP contribution >= 0.6 is 0 Å². The number of hydrogen-bond acceptors (Lipinski definition) is 6. The predicted molar refractivity (Wildman–Crippen MR) is 111 cm³/mol. The molecule has 0 unspecified atom stereocenters. The van der Waals surface area contributed by atoms with E-state index in [0.29, 0.717) is 11.3 Å². The Labute approximate surface area is 170 Å². The van der Waals surface area contributed by atoms with Crippen LogP contribution in [0.3, 0.4) is 0 Å². The van der Waals surface area contributed by atoms with Crippen LogP contribution in [-0.2, 0) is 19.4 Å². The van der Waals surface area contributed by atoms with E-state index in [2.05, 4.69) is 10.6 Å². The van der Waals surface area contributed by atoms with Crippen molar-refractivity contribution in [2.24, 2.45) is 0 Å². The fraction of sp³-hybridized carbons (Fsp3) is 0.300. The topological polar surface area (TPSA) is 105 Å². The Morgan fingerprint density at radius 2 is 1.59 bits per heavy atom. The SMILES string of the molecule is CNC(=O)C(=O)NC[C@H](c1ccc(N(C)C)cc1)S(=O)(=O)c1ccc(OC)cc1. The molecular weight excluding hydrogens is 394 g/mol. The van der Waals surface area contributed by atoms with Gasteiger partial charge in [-0.15, -0.1) is 0 Å². The van der Waals surface area contributed by atoms with E-state index in [1.807, 2.05) is 19.0 Å². The number of carbonyl (C=O) groups is 2. The van der Waals surface area contributed by atoms with Crippen molar-refractivity contribution in [3.8, 4) is 5.75 Å². The van der Waals surface area contributed by atoms with Gasteiger partial charge in [-0.3, -0.25) is 9.59 Å². The third kappa shape index (κ3) is 5.26. The first-order valence-corrected chi connectivity index (χ1v) is 10.4. The predicted octanol–water partition coefficient (Wildman–Crippen LogP) is 1.14. The maximum absolute atomic E-state index is 13.3. The van der Waals surface area contributed by atoms with Gasteiger partial charge in [0.25, 0.3) is 0 Å². The molecule has 0 aliphatic heterocycles. The molecule has 8 nitrogen and oxygen atoms in total. The molecule has 29 heavy (non-hydrogen) atoms. The van der Waals surface area contributed by atoms with Crippen molar-refractivity contribution in [1.82, 2.24) is 10.6 Å². The zero-order valence-corrected chi connectivity index (χ0v) is 17.6. The normalized spacial score (nSPS) is 12.0. The maximum Gasteiger partial charge on any atom is 0.309 e. The van der Waals surface area contributed by atoms with Gasteiger partial charge in [-0.05, 0) is 42.0 Å². The maximum atomic E-state index is 13.3. The van der Waals surface area contributed by atoms with Gasteiger partial charge in [0.15, 0.2) is 9.84 Å². The zero-order chi connectivity index (χ0) is 21.6. The van der Waals surface area contributed by atoms with Gasteiger partial charge in [-0.25, -0.2) is 8.42 Å². The largest absolute Gasteiger partial charge is 0.497 e. The number of amides is 2. The van der Waals surface area contributed by atoms with Crippen LogP contribution in [-0.4, -0.2) is 55.0 Å². The third-order valence-corrected chi connectivity index (χ3v) is 6.54. The Morgan fingerprint density at radius 3 is 2.07 bits per heavy atom. The van der Waals surface area contributed by atoms with E-state index in [4.69, 9.17) is 4.74 Å². The molecule has 0 heterocycles. The van der Waals surface area contributed by atoms with Gasteiger partial charge in [0.05, 0.1) is 12.0 Å². The van der Waals surface area contributed by atoms with E-state index < -0.39 is 26.9 Å². The minimum Gasteiger partial charge on any atom is -0.497 e. The standard InChI is InChI=1S/C20H25N3O5S/c1-21-19(24)20(25)22-13-18(14-5-7-15(8-6-14)23(2)3)29(26,27)17-11-9-16(28-4)10-12-17/h5-12,18H,13H2,1-4H3,(H,21,24)(H,22,25)/t18-/m1/s1. The number of likely N-dealkylation sites (N-methyl/N-ethyl adjacent to an activating group) is 1. The lowest BCUT2D eigenvalue weighted by molar-refractivity contribution is -0.138. The summed E-state index contributed by atoms with van der Waals surface area (Å²) in [6, 6.07) is 13.0. The highest BCUT2D eigenvalue weighted by Gasteiger charge is 2.30. The Bertz CT molecular complexity index is 955. The van der Waals surface area contributed by atoms with Crippen LogP contribution in [0, 0.1) is 0 Å². The highest BCUT2D eigenvalue weighted by Crippen LogP contribution is 2.30. The summed E-state index contributed by atoms with van der Waals surface area (Å²) in [6.45, 7) is -0.248. The van der Waals surface area contributed by atoms with Crippen molar-refractivity contribution in [2.75, 3.05) is 39.7 Å². The molecule has 0 aliphatic carbocycles. The summed E-state index contributed by atoms with van der Waals surface area (Å²) in [6.07, 6.45) is 0. The van der Waals surface area contributed by atoms with Crippen molar-refractivity contribution in [1.29, 1.82) is 0 Å². The first-order valence-electron chi connectivity index (χ1n) is 8.86. The molecule has 0 fully saturated rings. The number of sulfone groups is 1. The van der Waals surface area contributed by atoms with Crippen molar-refractivity contribution in [3.05, 3.63) is 54.1 Å². The van der Waals surface area contributed by atoms with Crippen molar-refractivity contribution >= 4 is 27.3 Å². The summed E-state index contributed by atoms with van der Waals surface area (Å²) < 4.78 is 31.7. The van der Waals surface area contributed by atoms with E-state index in [1.54, 1.807) is 36.4 Å². The number of benzene rings is 2. The number of ether oxygens (including phenoxy) is 1. The lowest BCUT2D eigenvalue weighted by Crippen LogP contribution is -2.41. The average Bonchev–Trinajstić information content (AvgIpc) is 2.73. The number of carbonyl (C=O) groups excluding carboxylic acids is 2. The smallest absolute Gasteiger partial charge is 0.309 e. The molecule has 0 radical (unpaired) electrons. The number of nitrogens with zero attached hydrogens (tertiary/aromatic N) is 1. The minimum absolute atomic E-state index is 0.0918. The van der Waals surface area contributed by atoms with E-state index in [9.17, 15) is 18.0 Å². The number of methoxy groups -OCH3 is 1. The van der Waals surface area contributed by atoms with Crippen molar-refractivity contribution in [3.63, 3.8) is 0 Å². The van der Waals surface area contributed by atoms with Crippen LogP contribution in [0.5, 0.6) is 5.75 Å². The molecule has 0 aliphatic rings.